The molecule has 4 rings (SSSR count). The Hall–Kier alpha value is -3.94. The number of aryl methyl sites for hydroxylation is 2. The first-order valence-electron chi connectivity index (χ1n) is 10.5. The summed E-state index contributed by atoms with van der Waals surface area (Å²) in [4.78, 5) is 17.2. The number of fused-ring (bicyclic) bond motifs is 1. The lowest BCUT2D eigenvalue weighted by atomic mass is 10.0. The highest BCUT2D eigenvalue weighted by atomic mass is 19.1. The molecule has 0 saturated carbocycles. The lowest BCUT2D eigenvalue weighted by Crippen LogP contribution is -2.13. The second kappa shape index (κ2) is 9.28. The smallest absolute Gasteiger partial charge is 0.224 e. The van der Waals surface area contributed by atoms with Crippen LogP contribution >= 0.6 is 0 Å². The van der Waals surface area contributed by atoms with E-state index in [4.69, 9.17) is 9.47 Å². The fourth-order valence-electron chi connectivity index (χ4n) is 3.92. The van der Waals surface area contributed by atoms with Gasteiger partial charge in [0.15, 0.2) is 5.65 Å². The summed E-state index contributed by atoms with van der Waals surface area (Å²) in [7, 11) is 3.14. The summed E-state index contributed by atoms with van der Waals surface area (Å²) >= 11 is 0. The molecule has 2 heterocycles. The van der Waals surface area contributed by atoms with Gasteiger partial charge in [-0.3, -0.25) is 4.79 Å². The number of hydrogen-bond acceptors (Lipinski definition) is 5. The van der Waals surface area contributed by atoms with Gasteiger partial charge in [-0.1, -0.05) is 6.07 Å². The van der Waals surface area contributed by atoms with E-state index < -0.39 is 0 Å². The number of benzene rings is 2. The van der Waals surface area contributed by atoms with Gasteiger partial charge < -0.3 is 14.8 Å². The Morgan fingerprint density at radius 3 is 2.52 bits per heavy atom. The average Bonchev–Trinajstić information content (AvgIpc) is 3.15. The van der Waals surface area contributed by atoms with Gasteiger partial charge >= 0.3 is 0 Å². The predicted molar refractivity (Wildman–Crippen MR) is 125 cm³/mol. The number of nitrogens with zero attached hydrogens (tertiary/aromatic N) is 3. The topological polar surface area (TPSA) is 78.3 Å². The van der Waals surface area contributed by atoms with Crippen LogP contribution in [0.3, 0.4) is 0 Å². The molecule has 0 aliphatic heterocycles. The first-order chi connectivity index (χ1) is 15.9. The molecule has 0 aliphatic carbocycles. The highest BCUT2D eigenvalue weighted by Gasteiger charge is 2.20. The van der Waals surface area contributed by atoms with Crippen LogP contribution in [-0.4, -0.2) is 34.9 Å². The van der Waals surface area contributed by atoms with E-state index in [0.29, 0.717) is 29.3 Å². The van der Waals surface area contributed by atoms with E-state index >= 15 is 0 Å². The lowest BCUT2D eigenvalue weighted by molar-refractivity contribution is -0.116. The van der Waals surface area contributed by atoms with Crippen LogP contribution in [-0.2, 0) is 11.2 Å². The minimum atomic E-state index is -0.350. The zero-order valence-electron chi connectivity index (χ0n) is 19.0. The number of aromatic nitrogens is 3. The first kappa shape index (κ1) is 22.3. The van der Waals surface area contributed by atoms with Crippen molar-refractivity contribution < 1.29 is 18.7 Å². The van der Waals surface area contributed by atoms with Gasteiger partial charge in [0, 0.05) is 23.1 Å². The Kier molecular flexibility index (Phi) is 6.26. The third-order valence-corrected chi connectivity index (χ3v) is 5.55. The first-order valence-corrected chi connectivity index (χ1v) is 10.5. The average molecular weight is 448 g/mol. The van der Waals surface area contributed by atoms with E-state index in [1.807, 2.05) is 13.8 Å². The predicted octanol–water partition coefficient (Wildman–Crippen LogP) is 4.76. The van der Waals surface area contributed by atoms with Gasteiger partial charge in [0.2, 0.25) is 11.8 Å². The molecule has 0 bridgehead atoms. The fourth-order valence-corrected chi connectivity index (χ4v) is 3.92. The van der Waals surface area contributed by atoms with E-state index in [1.165, 1.54) is 12.1 Å². The normalized spacial score (nSPS) is 10.9. The largest absolute Gasteiger partial charge is 0.497 e. The number of anilines is 1. The second-order valence-corrected chi connectivity index (χ2v) is 7.68. The van der Waals surface area contributed by atoms with Gasteiger partial charge in [0.05, 0.1) is 25.6 Å². The van der Waals surface area contributed by atoms with Crippen LogP contribution in [0.1, 0.15) is 23.2 Å². The van der Waals surface area contributed by atoms with Crippen molar-refractivity contribution in [1.82, 2.24) is 14.8 Å². The van der Waals surface area contributed by atoms with Gasteiger partial charge in [0.1, 0.15) is 11.6 Å². The van der Waals surface area contributed by atoms with Crippen LogP contribution in [0, 0.1) is 19.7 Å². The number of halogens is 1. The zero-order chi connectivity index (χ0) is 23.5. The fraction of sp³-hybridized carbons (Fsp3) is 0.240. The van der Waals surface area contributed by atoms with Crippen molar-refractivity contribution in [3.8, 4) is 17.3 Å². The van der Waals surface area contributed by atoms with Crippen molar-refractivity contribution >= 4 is 22.6 Å². The molecule has 1 N–H and O–H groups in total. The quantitative estimate of drug-likeness (QED) is 0.441. The third-order valence-electron chi connectivity index (χ3n) is 5.55. The van der Waals surface area contributed by atoms with Crippen molar-refractivity contribution in [3.05, 3.63) is 71.2 Å². The molecule has 4 aromatic rings. The van der Waals surface area contributed by atoms with Gasteiger partial charge in [-0.25, -0.2) is 9.07 Å². The summed E-state index contributed by atoms with van der Waals surface area (Å²) in [5.41, 5.74) is 4.41. The highest BCUT2D eigenvalue weighted by molar-refractivity contribution is 5.91. The van der Waals surface area contributed by atoms with Gasteiger partial charge in [-0.15, -0.1) is 0 Å². The number of nitrogens with one attached hydrogen (secondary N) is 1. The molecule has 0 saturated heterocycles. The van der Waals surface area contributed by atoms with E-state index in [2.05, 4.69) is 15.4 Å². The summed E-state index contributed by atoms with van der Waals surface area (Å²) in [6.07, 6.45) is 0.706. The molecule has 0 unspecified atom stereocenters. The molecule has 7 nitrogen and oxygen atoms in total. The molecular formula is C25H25FN4O3. The third kappa shape index (κ3) is 4.50. The van der Waals surface area contributed by atoms with Gasteiger partial charge in [-0.2, -0.15) is 10.1 Å². The van der Waals surface area contributed by atoms with Crippen molar-refractivity contribution in [3.63, 3.8) is 0 Å². The maximum atomic E-state index is 13.8. The maximum Gasteiger partial charge on any atom is 0.224 e. The van der Waals surface area contributed by atoms with Crippen LogP contribution in [0.4, 0.5) is 10.1 Å². The molecular weight excluding hydrogens is 423 g/mol. The number of methoxy groups -OCH3 is 2. The molecule has 0 fully saturated rings. The minimum Gasteiger partial charge on any atom is -0.497 e. The zero-order valence-corrected chi connectivity index (χ0v) is 19.0. The SMILES string of the molecule is COc1ccc(NC(=O)CCc2c(OC)nc3c(c(C)nn3-c3cccc(F)c3)c2C)cc1. The van der Waals surface area contributed by atoms with Gasteiger partial charge in [-0.05, 0) is 68.3 Å². The monoisotopic (exact) mass is 448 g/mol. The van der Waals surface area contributed by atoms with Crippen LogP contribution in [0.5, 0.6) is 11.6 Å². The molecule has 33 heavy (non-hydrogen) atoms. The molecule has 8 heteroatoms. The summed E-state index contributed by atoms with van der Waals surface area (Å²) in [6, 6.07) is 13.4. The second-order valence-electron chi connectivity index (χ2n) is 7.68. The lowest BCUT2D eigenvalue weighted by Gasteiger charge is -2.13. The van der Waals surface area contributed by atoms with Crippen molar-refractivity contribution in [2.75, 3.05) is 19.5 Å². The van der Waals surface area contributed by atoms with Gasteiger partial charge in [0.25, 0.3) is 0 Å². The molecule has 170 valence electrons. The number of pyridine rings is 1. The van der Waals surface area contributed by atoms with E-state index in [1.54, 1.807) is 55.3 Å². The molecule has 2 aromatic carbocycles. The number of carbonyl (C=O) groups is 1. The molecule has 0 spiro atoms. The van der Waals surface area contributed by atoms with Crippen molar-refractivity contribution in [2.24, 2.45) is 0 Å². The number of rotatable bonds is 7. The van der Waals surface area contributed by atoms with Crippen LogP contribution < -0.4 is 14.8 Å². The van der Waals surface area contributed by atoms with E-state index in [9.17, 15) is 9.18 Å². The minimum absolute atomic E-state index is 0.117. The number of amides is 1. The molecule has 0 aliphatic rings. The van der Waals surface area contributed by atoms with E-state index in [-0.39, 0.29) is 18.1 Å². The Balaban J connectivity index is 1.62. The summed E-state index contributed by atoms with van der Waals surface area (Å²) in [5, 5.41) is 8.34. The molecule has 2 aromatic heterocycles. The number of carbonyl (C=O) groups excluding carboxylic acids is 1. The Bertz CT molecular complexity index is 1320. The highest BCUT2D eigenvalue weighted by Crippen LogP contribution is 2.32. The molecule has 1 amide bonds. The summed E-state index contributed by atoms with van der Waals surface area (Å²) in [5.74, 6) is 0.683. The van der Waals surface area contributed by atoms with Crippen LogP contribution in [0.15, 0.2) is 48.5 Å². The summed E-state index contributed by atoms with van der Waals surface area (Å²) < 4.78 is 26.1. The van der Waals surface area contributed by atoms with E-state index in [0.717, 1.165) is 28.0 Å². The standard InChI is InChI=1S/C25H25FN4O3/c1-15-21(12-13-22(31)27-18-8-10-20(32-3)11-9-18)25(33-4)28-24-23(15)16(2)29-30(24)19-7-5-6-17(26)14-19/h5-11,14H,12-13H2,1-4H3,(H,27,31). The van der Waals surface area contributed by atoms with Crippen molar-refractivity contribution in [2.45, 2.75) is 26.7 Å². The maximum absolute atomic E-state index is 13.8. The number of ether oxygens (including phenoxy) is 2. The Morgan fingerprint density at radius 2 is 1.85 bits per heavy atom. The number of hydrogen-bond donors (Lipinski definition) is 1. The van der Waals surface area contributed by atoms with Crippen LogP contribution in [0.2, 0.25) is 0 Å². The molecule has 0 radical (unpaired) electrons. The Labute approximate surface area is 191 Å². The van der Waals surface area contributed by atoms with Crippen molar-refractivity contribution in [1.29, 1.82) is 0 Å². The molecule has 0 atom stereocenters. The Morgan fingerprint density at radius 1 is 1.09 bits per heavy atom. The van der Waals surface area contributed by atoms with Crippen LogP contribution in [0.25, 0.3) is 16.7 Å². The summed E-state index contributed by atoms with van der Waals surface area (Å²) in [6.45, 7) is 3.85.